The monoisotopic (exact) mass is 336 g/mol. The van der Waals surface area contributed by atoms with Crippen LogP contribution in [0.3, 0.4) is 0 Å². The molecule has 0 heterocycles. The lowest BCUT2D eigenvalue weighted by atomic mass is 10.2. The highest BCUT2D eigenvalue weighted by molar-refractivity contribution is 7.89. The maximum Gasteiger partial charge on any atom is 0.243 e. The zero-order chi connectivity index (χ0) is 16.0. The lowest BCUT2D eigenvalue weighted by Gasteiger charge is -2.21. The molecular formula is C13H18ClFN2O3S. The number of hydrogen-bond donors (Lipinski definition) is 1. The van der Waals surface area contributed by atoms with Gasteiger partial charge in [-0.3, -0.25) is 0 Å². The van der Waals surface area contributed by atoms with Gasteiger partial charge in [0.25, 0.3) is 0 Å². The van der Waals surface area contributed by atoms with Crippen LogP contribution in [-0.4, -0.2) is 39.5 Å². The third-order valence-electron chi connectivity index (χ3n) is 2.81. The first-order valence-corrected chi connectivity index (χ1v) is 7.98. The van der Waals surface area contributed by atoms with Crippen molar-refractivity contribution in [1.82, 2.24) is 4.31 Å². The Hall–Kier alpha value is -0.990. The average molecular weight is 337 g/mol. The average Bonchev–Trinajstić information content (AvgIpc) is 2.45. The summed E-state index contributed by atoms with van der Waals surface area (Å²) < 4.78 is 44.8. The summed E-state index contributed by atoms with van der Waals surface area (Å²) in [4.78, 5) is -0.192. The first-order chi connectivity index (χ1) is 9.88. The summed E-state index contributed by atoms with van der Waals surface area (Å²) in [7, 11) is -2.41. The Balaban J connectivity index is 3.27. The summed E-state index contributed by atoms with van der Waals surface area (Å²) in [5.74, 6) is -0.816. The molecule has 0 atom stereocenters. The van der Waals surface area contributed by atoms with E-state index in [1.54, 1.807) is 0 Å². The van der Waals surface area contributed by atoms with Gasteiger partial charge in [0.15, 0.2) is 0 Å². The molecule has 0 amide bonds. The summed E-state index contributed by atoms with van der Waals surface area (Å²) in [6.45, 7) is 3.90. The predicted octanol–water partition coefficient (Wildman–Crippen LogP) is 1.76. The number of benzene rings is 1. The van der Waals surface area contributed by atoms with Crippen molar-refractivity contribution in [3.8, 4) is 0 Å². The van der Waals surface area contributed by atoms with E-state index in [0.29, 0.717) is 0 Å². The number of nitrogens with two attached hydrogens (primary N) is 1. The Morgan fingerprint density at radius 3 is 2.71 bits per heavy atom. The fraction of sp³-hybridized carbons (Fsp3) is 0.385. The number of halogens is 2. The molecule has 21 heavy (non-hydrogen) atoms. The molecule has 0 unspecified atom stereocenters. The molecule has 8 heteroatoms. The SMILES string of the molecule is C=CCN(CCOC)S(=O)(=O)c1cc(F)c(Cl)c(CN)c1. The molecule has 0 aliphatic heterocycles. The van der Waals surface area contributed by atoms with Crippen molar-refractivity contribution >= 4 is 21.6 Å². The van der Waals surface area contributed by atoms with E-state index in [1.807, 2.05) is 0 Å². The highest BCUT2D eigenvalue weighted by Crippen LogP contribution is 2.26. The van der Waals surface area contributed by atoms with Crippen molar-refractivity contribution in [2.75, 3.05) is 26.8 Å². The molecule has 5 nitrogen and oxygen atoms in total. The quantitative estimate of drug-likeness (QED) is 0.734. The van der Waals surface area contributed by atoms with Crippen LogP contribution in [0.2, 0.25) is 5.02 Å². The van der Waals surface area contributed by atoms with Gasteiger partial charge in [0.2, 0.25) is 10.0 Å². The predicted molar refractivity (Wildman–Crippen MR) is 80.1 cm³/mol. The molecule has 1 aromatic carbocycles. The third kappa shape index (κ3) is 4.24. The summed E-state index contributed by atoms with van der Waals surface area (Å²) in [6.07, 6.45) is 1.45. The molecule has 0 saturated heterocycles. The van der Waals surface area contributed by atoms with Gasteiger partial charge < -0.3 is 10.5 Å². The van der Waals surface area contributed by atoms with E-state index in [9.17, 15) is 12.8 Å². The van der Waals surface area contributed by atoms with Crippen molar-refractivity contribution in [2.24, 2.45) is 5.73 Å². The van der Waals surface area contributed by atoms with E-state index in [1.165, 1.54) is 19.3 Å². The number of sulfonamides is 1. The molecule has 0 saturated carbocycles. The fourth-order valence-corrected chi connectivity index (χ4v) is 3.36. The molecule has 0 fully saturated rings. The number of nitrogens with zero attached hydrogens (tertiary/aromatic N) is 1. The highest BCUT2D eigenvalue weighted by atomic mass is 35.5. The molecule has 0 aliphatic rings. The highest BCUT2D eigenvalue weighted by Gasteiger charge is 2.25. The van der Waals surface area contributed by atoms with Crippen LogP contribution >= 0.6 is 11.6 Å². The summed E-state index contributed by atoms with van der Waals surface area (Å²) in [5.41, 5.74) is 5.69. The second-order valence-electron chi connectivity index (χ2n) is 4.23. The van der Waals surface area contributed by atoms with E-state index in [0.717, 1.165) is 10.4 Å². The minimum atomic E-state index is -3.88. The van der Waals surface area contributed by atoms with Gasteiger partial charge >= 0.3 is 0 Å². The molecule has 0 bridgehead atoms. The lowest BCUT2D eigenvalue weighted by Crippen LogP contribution is -2.34. The fourth-order valence-electron chi connectivity index (χ4n) is 1.71. The summed E-state index contributed by atoms with van der Waals surface area (Å²) in [5, 5.41) is -0.163. The Kier molecular flexibility index (Phi) is 6.76. The Labute approximate surface area is 129 Å². The van der Waals surface area contributed by atoms with Crippen LogP contribution in [0.1, 0.15) is 5.56 Å². The zero-order valence-corrected chi connectivity index (χ0v) is 13.3. The molecule has 118 valence electrons. The van der Waals surface area contributed by atoms with Crippen LogP contribution in [0.4, 0.5) is 4.39 Å². The number of rotatable bonds is 8. The molecule has 0 aliphatic carbocycles. The molecule has 1 rings (SSSR count). The van der Waals surface area contributed by atoms with Crippen molar-refractivity contribution in [3.05, 3.63) is 41.2 Å². The molecule has 0 aromatic heterocycles. The van der Waals surface area contributed by atoms with E-state index >= 15 is 0 Å². The second kappa shape index (κ2) is 7.86. The van der Waals surface area contributed by atoms with Crippen LogP contribution < -0.4 is 5.73 Å². The molecule has 0 spiro atoms. The molecule has 1 aromatic rings. The number of ether oxygens (including phenoxy) is 1. The van der Waals surface area contributed by atoms with Gasteiger partial charge in [0.1, 0.15) is 5.82 Å². The normalized spacial score (nSPS) is 11.9. The third-order valence-corrected chi connectivity index (χ3v) is 5.08. The standard InChI is InChI=1S/C13H18ClFN2O3S/c1-3-4-17(5-6-20-2)21(18,19)11-7-10(9-16)13(14)12(15)8-11/h3,7-8H,1,4-6,9,16H2,2H3. The molecule has 2 N–H and O–H groups in total. The first kappa shape index (κ1) is 18.1. The van der Waals surface area contributed by atoms with Crippen LogP contribution in [0.15, 0.2) is 29.7 Å². The van der Waals surface area contributed by atoms with Crippen molar-refractivity contribution < 1.29 is 17.5 Å². The minimum Gasteiger partial charge on any atom is -0.383 e. The van der Waals surface area contributed by atoms with Crippen molar-refractivity contribution in [1.29, 1.82) is 0 Å². The van der Waals surface area contributed by atoms with Gasteiger partial charge in [0.05, 0.1) is 16.5 Å². The van der Waals surface area contributed by atoms with E-state index in [4.69, 9.17) is 22.1 Å². The molecular weight excluding hydrogens is 319 g/mol. The van der Waals surface area contributed by atoms with Gasteiger partial charge in [-0.2, -0.15) is 4.31 Å². The van der Waals surface area contributed by atoms with E-state index in [2.05, 4.69) is 6.58 Å². The topological polar surface area (TPSA) is 72.6 Å². The zero-order valence-electron chi connectivity index (χ0n) is 11.7. The van der Waals surface area contributed by atoms with Crippen molar-refractivity contribution in [2.45, 2.75) is 11.4 Å². The van der Waals surface area contributed by atoms with E-state index < -0.39 is 15.8 Å². The van der Waals surface area contributed by atoms with Gasteiger partial charge in [0, 0.05) is 26.7 Å². The van der Waals surface area contributed by atoms with Crippen LogP contribution in [-0.2, 0) is 21.3 Å². The Morgan fingerprint density at radius 2 is 2.19 bits per heavy atom. The van der Waals surface area contributed by atoms with Gasteiger partial charge in [-0.05, 0) is 17.7 Å². The van der Waals surface area contributed by atoms with Gasteiger partial charge in [-0.25, -0.2) is 12.8 Å². The number of methoxy groups -OCH3 is 1. The first-order valence-electron chi connectivity index (χ1n) is 6.16. The van der Waals surface area contributed by atoms with Crippen LogP contribution in [0.5, 0.6) is 0 Å². The largest absolute Gasteiger partial charge is 0.383 e. The minimum absolute atomic E-state index is 0.0569. The van der Waals surface area contributed by atoms with Crippen LogP contribution in [0.25, 0.3) is 0 Å². The number of hydrogen-bond acceptors (Lipinski definition) is 4. The smallest absolute Gasteiger partial charge is 0.243 e. The Morgan fingerprint density at radius 1 is 1.52 bits per heavy atom. The second-order valence-corrected chi connectivity index (χ2v) is 6.54. The maximum atomic E-state index is 13.7. The van der Waals surface area contributed by atoms with Crippen LogP contribution in [0, 0.1) is 5.82 Å². The Bertz CT molecular complexity index is 608. The van der Waals surface area contributed by atoms with Gasteiger partial charge in [-0.1, -0.05) is 17.7 Å². The summed E-state index contributed by atoms with van der Waals surface area (Å²) in [6, 6.07) is 2.17. The maximum absolute atomic E-state index is 13.7. The molecule has 0 radical (unpaired) electrons. The van der Waals surface area contributed by atoms with Gasteiger partial charge in [-0.15, -0.1) is 6.58 Å². The van der Waals surface area contributed by atoms with E-state index in [-0.39, 0.29) is 41.7 Å². The lowest BCUT2D eigenvalue weighted by molar-refractivity contribution is 0.182. The summed E-state index contributed by atoms with van der Waals surface area (Å²) >= 11 is 5.74. The van der Waals surface area contributed by atoms with Crippen molar-refractivity contribution in [3.63, 3.8) is 0 Å².